The maximum atomic E-state index is 12.3. The minimum atomic E-state index is -3.54. The second kappa shape index (κ2) is 5.35. The summed E-state index contributed by atoms with van der Waals surface area (Å²) in [5.74, 6) is 0.0162. The molecule has 0 spiro atoms. The highest BCUT2D eigenvalue weighted by atomic mass is 35.5. The van der Waals surface area contributed by atoms with E-state index in [9.17, 15) is 8.42 Å². The van der Waals surface area contributed by atoms with Crippen LogP contribution in [0.5, 0.6) is 0 Å². The Morgan fingerprint density at radius 1 is 1.33 bits per heavy atom. The zero-order valence-corrected chi connectivity index (χ0v) is 11.8. The summed E-state index contributed by atoms with van der Waals surface area (Å²) in [4.78, 5) is 0.135. The van der Waals surface area contributed by atoms with Gasteiger partial charge in [0.15, 0.2) is 0 Å². The van der Waals surface area contributed by atoms with Crippen LogP contribution in [0.3, 0.4) is 0 Å². The Balaban J connectivity index is 2.28. The Morgan fingerprint density at radius 3 is 2.61 bits per heavy atom. The van der Waals surface area contributed by atoms with Crippen LogP contribution < -0.4 is 0 Å². The molecule has 1 atom stereocenters. The molecule has 1 N–H and O–H groups in total. The van der Waals surface area contributed by atoms with Gasteiger partial charge in [-0.2, -0.15) is 4.31 Å². The normalized spacial score (nSPS) is 21.4. The maximum Gasteiger partial charge on any atom is 0.243 e. The lowest BCUT2D eigenvalue weighted by atomic mass is 10.1. The van der Waals surface area contributed by atoms with Crippen molar-refractivity contribution in [2.24, 2.45) is 5.92 Å². The number of aliphatic hydroxyl groups is 1. The maximum absolute atomic E-state index is 12.3. The zero-order chi connectivity index (χ0) is 13.3. The molecule has 0 radical (unpaired) electrons. The minimum Gasteiger partial charge on any atom is -0.396 e. The molecule has 1 aromatic rings. The summed E-state index contributed by atoms with van der Waals surface area (Å²) < 4.78 is 26.0. The third kappa shape index (κ3) is 2.65. The van der Waals surface area contributed by atoms with Crippen LogP contribution >= 0.6 is 23.2 Å². The van der Waals surface area contributed by atoms with E-state index in [0.29, 0.717) is 24.5 Å². The summed E-state index contributed by atoms with van der Waals surface area (Å²) in [7, 11) is -3.54. The summed E-state index contributed by atoms with van der Waals surface area (Å²) in [5.41, 5.74) is 0. The number of hydrogen-bond donors (Lipinski definition) is 1. The number of nitrogens with zero attached hydrogens (tertiary/aromatic N) is 1. The van der Waals surface area contributed by atoms with Crippen LogP contribution in [-0.2, 0) is 10.0 Å². The van der Waals surface area contributed by atoms with Crippen LogP contribution in [0.15, 0.2) is 23.1 Å². The first-order valence-corrected chi connectivity index (χ1v) is 7.71. The van der Waals surface area contributed by atoms with Gasteiger partial charge in [0.05, 0.1) is 14.9 Å². The Morgan fingerprint density at radius 2 is 2.06 bits per heavy atom. The van der Waals surface area contributed by atoms with Crippen molar-refractivity contribution in [1.82, 2.24) is 4.31 Å². The van der Waals surface area contributed by atoms with Crippen LogP contribution in [0.1, 0.15) is 6.42 Å². The summed E-state index contributed by atoms with van der Waals surface area (Å²) >= 11 is 11.6. The molecule has 4 nitrogen and oxygen atoms in total. The third-order valence-corrected chi connectivity index (χ3v) is 5.64. The Hall–Kier alpha value is -0.330. The van der Waals surface area contributed by atoms with Gasteiger partial charge < -0.3 is 5.11 Å². The fraction of sp³-hybridized carbons (Fsp3) is 0.455. The van der Waals surface area contributed by atoms with E-state index in [0.717, 1.165) is 0 Å². The fourth-order valence-electron chi connectivity index (χ4n) is 1.95. The molecule has 1 unspecified atom stereocenters. The number of sulfonamides is 1. The monoisotopic (exact) mass is 309 g/mol. The molecule has 1 aliphatic rings. The molecular formula is C11H13Cl2NO3S. The van der Waals surface area contributed by atoms with E-state index in [2.05, 4.69) is 0 Å². The lowest BCUT2D eigenvalue weighted by Gasteiger charge is -2.16. The average molecular weight is 310 g/mol. The van der Waals surface area contributed by atoms with Gasteiger partial charge in [-0.05, 0) is 30.5 Å². The molecule has 0 saturated carbocycles. The van der Waals surface area contributed by atoms with Gasteiger partial charge in [-0.25, -0.2) is 8.42 Å². The number of halogens is 2. The molecule has 1 heterocycles. The summed E-state index contributed by atoms with van der Waals surface area (Å²) in [5, 5.41) is 9.58. The first-order chi connectivity index (χ1) is 8.45. The van der Waals surface area contributed by atoms with Gasteiger partial charge >= 0.3 is 0 Å². The van der Waals surface area contributed by atoms with Crippen molar-refractivity contribution in [2.75, 3.05) is 19.7 Å². The van der Waals surface area contributed by atoms with Crippen molar-refractivity contribution in [2.45, 2.75) is 11.3 Å². The quantitative estimate of drug-likeness (QED) is 0.929. The van der Waals surface area contributed by atoms with Crippen LogP contribution in [0, 0.1) is 5.92 Å². The third-order valence-electron chi connectivity index (χ3n) is 3.04. The smallest absolute Gasteiger partial charge is 0.243 e. The summed E-state index contributed by atoms with van der Waals surface area (Å²) in [6.45, 7) is 0.778. The van der Waals surface area contributed by atoms with E-state index in [4.69, 9.17) is 28.3 Å². The molecule has 2 rings (SSSR count). The topological polar surface area (TPSA) is 57.6 Å². The van der Waals surface area contributed by atoms with Crippen molar-refractivity contribution in [1.29, 1.82) is 0 Å². The van der Waals surface area contributed by atoms with Gasteiger partial charge in [-0.3, -0.25) is 0 Å². The Labute approximate surface area is 116 Å². The van der Waals surface area contributed by atoms with Gasteiger partial charge in [0.25, 0.3) is 0 Å². The van der Waals surface area contributed by atoms with Crippen molar-refractivity contribution in [3.8, 4) is 0 Å². The number of aliphatic hydroxyl groups excluding tert-OH is 1. The molecule has 18 heavy (non-hydrogen) atoms. The molecule has 1 fully saturated rings. The molecule has 7 heteroatoms. The van der Waals surface area contributed by atoms with Crippen LogP contribution in [0.2, 0.25) is 10.0 Å². The van der Waals surface area contributed by atoms with Gasteiger partial charge in [0.2, 0.25) is 10.0 Å². The second-order valence-electron chi connectivity index (χ2n) is 4.28. The van der Waals surface area contributed by atoms with E-state index in [-0.39, 0.29) is 22.4 Å². The van der Waals surface area contributed by atoms with Gasteiger partial charge in [0, 0.05) is 19.7 Å². The highest BCUT2D eigenvalue weighted by molar-refractivity contribution is 7.89. The first-order valence-electron chi connectivity index (χ1n) is 5.51. The predicted octanol–water partition coefficient (Wildman–Crippen LogP) is 2.00. The molecule has 0 aromatic heterocycles. The predicted molar refractivity (Wildman–Crippen MR) is 70.4 cm³/mol. The van der Waals surface area contributed by atoms with E-state index >= 15 is 0 Å². The van der Waals surface area contributed by atoms with E-state index in [1.807, 2.05) is 0 Å². The lowest BCUT2D eigenvalue weighted by molar-refractivity contribution is 0.233. The van der Waals surface area contributed by atoms with E-state index < -0.39 is 10.0 Å². The standard InChI is InChI=1S/C11H13Cl2NO3S/c12-10-2-1-9(5-11(10)13)18(16,17)14-4-3-8(6-14)7-15/h1-2,5,8,15H,3-4,6-7H2. The first kappa shape index (κ1) is 14.1. The Kier molecular flexibility index (Phi) is 4.18. The van der Waals surface area contributed by atoms with Crippen LogP contribution in [-0.4, -0.2) is 37.5 Å². The minimum absolute atomic E-state index is 0.00734. The SMILES string of the molecule is O=S(=O)(c1ccc(Cl)c(Cl)c1)N1CCC(CO)C1. The van der Waals surface area contributed by atoms with Gasteiger partial charge in [-0.15, -0.1) is 0 Å². The van der Waals surface area contributed by atoms with E-state index in [1.54, 1.807) is 0 Å². The van der Waals surface area contributed by atoms with Crippen LogP contribution in [0.25, 0.3) is 0 Å². The summed E-state index contributed by atoms with van der Waals surface area (Å²) in [6, 6.07) is 4.26. The number of rotatable bonds is 3. The molecule has 100 valence electrons. The average Bonchev–Trinajstić information content (AvgIpc) is 2.81. The zero-order valence-electron chi connectivity index (χ0n) is 9.51. The molecule has 0 bridgehead atoms. The van der Waals surface area contributed by atoms with E-state index in [1.165, 1.54) is 22.5 Å². The summed E-state index contributed by atoms with van der Waals surface area (Å²) in [6.07, 6.45) is 0.678. The van der Waals surface area contributed by atoms with Crippen molar-refractivity contribution in [3.63, 3.8) is 0 Å². The van der Waals surface area contributed by atoms with Crippen LogP contribution in [0.4, 0.5) is 0 Å². The largest absolute Gasteiger partial charge is 0.396 e. The molecule has 1 saturated heterocycles. The van der Waals surface area contributed by atoms with Crippen molar-refractivity contribution < 1.29 is 13.5 Å². The molecule has 1 aromatic carbocycles. The van der Waals surface area contributed by atoms with Crippen molar-refractivity contribution >= 4 is 33.2 Å². The molecule has 1 aliphatic heterocycles. The second-order valence-corrected chi connectivity index (χ2v) is 7.03. The molecule has 0 amide bonds. The van der Waals surface area contributed by atoms with Crippen molar-refractivity contribution in [3.05, 3.63) is 28.2 Å². The number of hydrogen-bond acceptors (Lipinski definition) is 3. The van der Waals surface area contributed by atoms with Gasteiger partial charge in [0.1, 0.15) is 0 Å². The highest BCUT2D eigenvalue weighted by Crippen LogP contribution is 2.29. The highest BCUT2D eigenvalue weighted by Gasteiger charge is 2.32. The lowest BCUT2D eigenvalue weighted by Crippen LogP contribution is -2.29. The molecular weight excluding hydrogens is 297 g/mol. The number of benzene rings is 1. The fourth-order valence-corrected chi connectivity index (χ4v) is 3.87. The Bertz CT molecular complexity index is 547. The molecule has 0 aliphatic carbocycles. The van der Waals surface area contributed by atoms with Gasteiger partial charge in [-0.1, -0.05) is 23.2 Å².